The largest absolute Gasteiger partial charge is 0.481 e. The van der Waals surface area contributed by atoms with Gasteiger partial charge in [-0.25, -0.2) is 4.98 Å². The number of carbonyl (C=O) groups is 1. The molecule has 1 aromatic heterocycles. The van der Waals surface area contributed by atoms with Gasteiger partial charge in [0.1, 0.15) is 5.15 Å². The predicted molar refractivity (Wildman–Crippen MR) is 73.0 cm³/mol. The Labute approximate surface area is 116 Å². The fraction of sp³-hybridized carbons (Fsp3) is 0.429. The second-order valence-corrected chi connectivity index (χ2v) is 5.58. The fourth-order valence-corrected chi connectivity index (χ4v) is 3.12. The van der Waals surface area contributed by atoms with Crippen LogP contribution in [-0.2, 0) is 11.2 Å². The third-order valence-corrected chi connectivity index (χ3v) is 4.25. The smallest absolute Gasteiger partial charge is 0.307 e. The molecular weight excluding hydrogens is 264 g/mol. The Balaban J connectivity index is 1.87. The van der Waals surface area contributed by atoms with Crippen molar-refractivity contribution in [3.8, 4) is 0 Å². The lowest BCUT2D eigenvalue weighted by Crippen LogP contribution is -2.09. The van der Waals surface area contributed by atoms with Gasteiger partial charge < -0.3 is 10.4 Å². The van der Waals surface area contributed by atoms with Gasteiger partial charge in [-0.2, -0.15) is 0 Å². The third-order valence-electron chi connectivity index (χ3n) is 3.91. The molecule has 4 nitrogen and oxygen atoms in total. The molecule has 1 aromatic rings. The van der Waals surface area contributed by atoms with Crippen LogP contribution in [0, 0.1) is 11.8 Å². The monoisotopic (exact) mass is 278 g/mol. The van der Waals surface area contributed by atoms with Crippen molar-refractivity contribution in [3.05, 3.63) is 34.6 Å². The molecule has 0 aromatic carbocycles. The molecular formula is C14H15ClN2O2. The fourth-order valence-electron chi connectivity index (χ4n) is 2.95. The van der Waals surface area contributed by atoms with Crippen LogP contribution in [0.2, 0.25) is 5.15 Å². The van der Waals surface area contributed by atoms with E-state index >= 15 is 0 Å². The molecule has 100 valence electrons. The first-order valence-corrected chi connectivity index (χ1v) is 6.79. The first-order chi connectivity index (χ1) is 9.13. The van der Waals surface area contributed by atoms with Gasteiger partial charge in [0.25, 0.3) is 0 Å². The third kappa shape index (κ3) is 2.51. The Hall–Kier alpha value is -1.39. The van der Waals surface area contributed by atoms with Crippen LogP contribution in [0.25, 0.3) is 5.57 Å². The van der Waals surface area contributed by atoms with E-state index in [0.29, 0.717) is 17.4 Å². The molecule has 19 heavy (non-hydrogen) atoms. The number of nitrogens with one attached hydrogen (secondary N) is 1. The van der Waals surface area contributed by atoms with Gasteiger partial charge in [-0.05, 0) is 42.0 Å². The molecule has 2 atom stereocenters. The number of aliphatic carboxylic acids is 1. The number of halogens is 1. The second kappa shape index (κ2) is 4.94. The van der Waals surface area contributed by atoms with E-state index in [2.05, 4.69) is 16.4 Å². The molecule has 2 unspecified atom stereocenters. The zero-order valence-electron chi connectivity index (χ0n) is 10.4. The highest BCUT2D eigenvalue weighted by molar-refractivity contribution is 6.30. The maximum atomic E-state index is 10.8. The summed E-state index contributed by atoms with van der Waals surface area (Å²) in [7, 11) is 0. The highest BCUT2D eigenvalue weighted by Gasteiger charge is 2.32. The summed E-state index contributed by atoms with van der Waals surface area (Å²) in [4.78, 5) is 14.9. The van der Waals surface area contributed by atoms with Crippen molar-refractivity contribution in [2.24, 2.45) is 11.8 Å². The number of fused-ring (bicyclic) bond motifs is 1. The van der Waals surface area contributed by atoms with E-state index in [4.69, 9.17) is 16.7 Å². The molecule has 5 heteroatoms. The number of nitrogens with zero attached hydrogens (tertiary/aromatic N) is 1. The van der Waals surface area contributed by atoms with Crippen LogP contribution in [0.3, 0.4) is 0 Å². The molecule has 1 aliphatic carbocycles. The van der Waals surface area contributed by atoms with E-state index in [1.54, 1.807) is 6.20 Å². The summed E-state index contributed by atoms with van der Waals surface area (Å²) in [5, 5.41) is 12.5. The van der Waals surface area contributed by atoms with Crippen LogP contribution in [-0.4, -0.2) is 29.1 Å². The lowest BCUT2D eigenvalue weighted by Gasteiger charge is -2.08. The van der Waals surface area contributed by atoms with Crippen molar-refractivity contribution >= 4 is 23.1 Å². The Kier molecular flexibility index (Phi) is 3.29. The predicted octanol–water partition coefficient (Wildman–Crippen LogP) is 1.98. The van der Waals surface area contributed by atoms with Gasteiger partial charge in [-0.3, -0.25) is 4.79 Å². The first-order valence-electron chi connectivity index (χ1n) is 6.41. The van der Waals surface area contributed by atoms with Gasteiger partial charge in [-0.15, -0.1) is 0 Å². The maximum Gasteiger partial charge on any atom is 0.307 e. The minimum Gasteiger partial charge on any atom is -0.481 e. The average molecular weight is 279 g/mol. The Morgan fingerprint density at radius 1 is 1.53 bits per heavy atom. The SMILES string of the molecule is O=C(O)Cc1cc(C2=CC3CNCC3C2)cnc1Cl. The normalized spacial score (nSPS) is 25.2. The lowest BCUT2D eigenvalue weighted by atomic mass is 9.98. The van der Waals surface area contributed by atoms with Crippen LogP contribution < -0.4 is 5.32 Å². The van der Waals surface area contributed by atoms with Crippen LogP contribution in [0.5, 0.6) is 0 Å². The number of pyridine rings is 1. The van der Waals surface area contributed by atoms with Crippen molar-refractivity contribution in [1.29, 1.82) is 0 Å². The zero-order chi connectivity index (χ0) is 13.4. The maximum absolute atomic E-state index is 10.8. The minimum atomic E-state index is -0.887. The van der Waals surface area contributed by atoms with Crippen LogP contribution >= 0.6 is 11.6 Å². The Morgan fingerprint density at radius 3 is 3.11 bits per heavy atom. The topological polar surface area (TPSA) is 62.2 Å². The molecule has 0 spiro atoms. The number of hydrogen-bond donors (Lipinski definition) is 2. The van der Waals surface area contributed by atoms with Crippen molar-refractivity contribution in [2.75, 3.05) is 13.1 Å². The van der Waals surface area contributed by atoms with Gasteiger partial charge >= 0.3 is 5.97 Å². The molecule has 2 N–H and O–H groups in total. The molecule has 2 heterocycles. The number of allylic oxidation sites excluding steroid dienone is 1. The average Bonchev–Trinajstić information content (AvgIpc) is 2.91. The van der Waals surface area contributed by atoms with Gasteiger partial charge in [0.15, 0.2) is 0 Å². The zero-order valence-corrected chi connectivity index (χ0v) is 11.2. The number of carboxylic acid groups (broad SMARTS) is 1. The standard InChI is InChI=1S/C14H15ClN2O2/c15-14-9(4-13(18)19)3-12(7-17-14)8-1-10-5-16-6-11(10)2-8/h1,3,7,10-11,16H,2,4-6H2,(H,18,19). The van der Waals surface area contributed by atoms with E-state index in [0.717, 1.165) is 25.1 Å². The lowest BCUT2D eigenvalue weighted by molar-refractivity contribution is -0.136. The summed E-state index contributed by atoms with van der Waals surface area (Å²) in [5.41, 5.74) is 2.87. The van der Waals surface area contributed by atoms with Crippen molar-refractivity contribution in [2.45, 2.75) is 12.8 Å². The quantitative estimate of drug-likeness (QED) is 0.830. The van der Waals surface area contributed by atoms with E-state index in [9.17, 15) is 4.79 Å². The van der Waals surface area contributed by atoms with E-state index in [-0.39, 0.29) is 11.6 Å². The van der Waals surface area contributed by atoms with Crippen molar-refractivity contribution in [1.82, 2.24) is 10.3 Å². The van der Waals surface area contributed by atoms with E-state index in [1.165, 1.54) is 5.57 Å². The van der Waals surface area contributed by atoms with Crippen LogP contribution in [0.1, 0.15) is 17.5 Å². The van der Waals surface area contributed by atoms with Crippen LogP contribution in [0.15, 0.2) is 18.3 Å². The summed E-state index contributed by atoms with van der Waals surface area (Å²) < 4.78 is 0. The highest BCUT2D eigenvalue weighted by atomic mass is 35.5. The molecule has 1 saturated heterocycles. The van der Waals surface area contributed by atoms with E-state index < -0.39 is 5.97 Å². The van der Waals surface area contributed by atoms with Gasteiger partial charge in [0.05, 0.1) is 6.42 Å². The van der Waals surface area contributed by atoms with E-state index in [1.807, 2.05) is 6.07 Å². The molecule has 0 bridgehead atoms. The van der Waals surface area contributed by atoms with Crippen LogP contribution in [0.4, 0.5) is 0 Å². The second-order valence-electron chi connectivity index (χ2n) is 5.22. The number of hydrogen-bond acceptors (Lipinski definition) is 3. The molecule has 0 amide bonds. The molecule has 3 rings (SSSR count). The minimum absolute atomic E-state index is 0.0820. The first kappa shape index (κ1) is 12.6. The van der Waals surface area contributed by atoms with Gasteiger partial charge in [0.2, 0.25) is 0 Å². The highest BCUT2D eigenvalue weighted by Crippen LogP contribution is 2.38. The summed E-state index contributed by atoms with van der Waals surface area (Å²) in [6.45, 7) is 2.10. The number of carboxylic acids is 1. The molecule has 1 aliphatic heterocycles. The van der Waals surface area contributed by atoms with Crippen molar-refractivity contribution < 1.29 is 9.90 Å². The molecule has 1 fully saturated rings. The Morgan fingerprint density at radius 2 is 2.37 bits per heavy atom. The molecule has 2 aliphatic rings. The summed E-state index contributed by atoms with van der Waals surface area (Å²) in [6, 6.07) is 1.86. The van der Waals surface area contributed by atoms with Gasteiger partial charge in [-0.1, -0.05) is 17.7 Å². The Bertz CT molecular complexity index is 556. The summed E-state index contributed by atoms with van der Waals surface area (Å²) >= 11 is 5.94. The van der Waals surface area contributed by atoms with Crippen molar-refractivity contribution in [3.63, 3.8) is 0 Å². The molecule has 0 saturated carbocycles. The summed E-state index contributed by atoms with van der Waals surface area (Å²) in [6.07, 6.45) is 4.99. The number of aromatic nitrogens is 1. The van der Waals surface area contributed by atoms with Gasteiger partial charge in [0, 0.05) is 18.3 Å². The molecule has 0 radical (unpaired) electrons. The number of rotatable bonds is 3. The summed E-state index contributed by atoms with van der Waals surface area (Å²) in [5.74, 6) is 0.393.